The molecular formula is C22H24N4S. The second-order valence-electron chi connectivity index (χ2n) is 6.77. The lowest BCUT2D eigenvalue weighted by molar-refractivity contribution is 0.442. The van der Waals surface area contributed by atoms with Gasteiger partial charge in [-0.25, -0.2) is 4.98 Å². The van der Waals surface area contributed by atoms with Crippen LogP contribution in [-0.4, -0.2) is 46.4 Å². The van der Waals surface area contributed by atoms with Crippen molar-refractivity contribution in [1.29, 1.82) is 0 Å². The van der Waals surface area contributed by atoms with Gasteiger partial charge in [0.25, 0.3) is 0 Å². The lowest BCUT2D eigenvalue weighted by atomic mass is 10.1. The molecule has 27 heavy (non-hydrogen) atoms. The number of thiophene rings is 1. The molecule has 0 radical (unpaired) electrons. The summed E-state index contributed by atoms with van der Waals surface area (Å²) in [6, 6.07) is 8.54. The predicted molar refractivity (Wildman–Crippen MR) is 116 cm³/mol. The van der Waals surface area contributed by atoms with E-state index in [0.717, 1.165) is 36.4 Å². The van der Waals surface area contributed by atoms with E-state index in [1.807, 2.05) is 12.4 Å². The molecule has 0 spiro atoms. The second-order valence-corrected chi connectivity index (χ2v) is 7.85. The lowest BCUT2D eigenvalue weighted by Crippen LogP contribution is -2.25. The highest BCUT2D eigenvalue weighted by atomic mass is 32.1. The summed E-state index contributed by atoms with van der Waals surface area (Å²) in [7, 11) is 2.11. The Morgan fingerprint density at radius 1 is 1.33 bits per heavy atom. The number of fused-ring (bicyclic) bond motifs is 1. The van der Waals surface area contributed by atoms with E-state index in [0.29, 0.717) is 0 Å². The average molecular weight is 377 g/mol. The highest BCUT2D eigenvalue weighted by Crippen LogP contribution is 2.35. The molecule has 0 aliphatic carbocycles. The zero-order chi connectivity index (χ0) is 18.8. The van der Waals surface area contributed by atoms with E-state index in [-0.39, 0.29) is 0 Å². The molecule has 0 saturated heterocycles. The second kappa shape index (κ2) is 7.45. The molecule has 3 aromatic rings. The van der Waals surface area contributed by atoms with E-state index in [2.05, 4.69) is 82.9 Å². The van der Waals surface area contributed by atoms with Crippen LogP contribution in [0.3, 0.4) is 0 Å². The van der Waals surface area contributed by atoms with Crippen LogP contribution in [0.15, 0.2) is 67.2 Å². The van der Waals surface area contributed by atoms with Gasteiger partial charge in [0.15, 0.2) is 0 Å². The molecule has 3 aromatic heterocycles. The average Bonchev–Trinajstić information content (AvgIpc) is 3.34. The van der Waals surface area contributed by atoms with Gasteiger partial charge in [0.1, 0.15) is 5.65 Å². The van der Waals surface area contributed by atoms with Crippen LogP contribution < -0.4 is 0 Å². The number of nitrogens with zero attached hydrogens (tertiary/aromatic N) is 3. The highest BCUT2D eigenvalue weighted by Gasteiger charge is 2.14. The number of hydrogen-bond acceptors (Lipinski definition) is 4. The Labute approximate surface area is 164 Å². The summed E-state index contributed by atoms with van der Waals surface area (Å²) in [5.74, 6) is 0. The molecule has 0 atom stereocenters. The fourth-order valence-corrected chi connectivity index (χ4v) is 4.47. The van der Waals surface area contributed by atoms with E-state index < -0.39 is 0 Å². The fourth-order valence-electron chi connectivity index (χ4n) is 3.43. The van der Waals surface area contributed by atoms with Crippen molar-refractivity contribution in [3.63, 3.8) is 0 Å². The highest BCUT2D eigenvalue weighted by molar-refractivity contribution is 7.16. The first-order valence-electron chi connectivity index (χ1n) is 9.19. The van der Waals surface area contributed by atoms with E-state index in [9.17, 15) is 0 Å². The lowest BCUT2D eigenvalue weighted by Gasteiger charge is -2.27. The number of nitrogens with one attached hydrogen (secondary N) is 1. The topological polar surface area (TPSA) is 35.2 Å². The van der Waals surface area contributed by atoms with Gasteiger partial charge in [-0.05, 0) is 36.8 Å². The van der Waals surface area contributed by atoms with Crippen LogP contribution in [0.1, 0.15) is 11.8 Å². The third-order valence-electron chi connectivity index (χ3n) is 4.86. The van der Waals surface area contributed by atoms with E-state index >= 15 is 0 Å². The van der Waals surface area contributed by atoms with Crippen molar-refractivity contribution < 1.29 is 0 Å². The molecular weight excluding hydrogens is 352 g/mol. The Morgan fingerprint density at radius 3 is 3.04 bits per heavy atom. The molecule has 0 fully saturated rings. The molecule has 1 aliphatic heterocycles. The monoisotopic (exact) mass is 376 g/mol. The molecule has 0 unspecified atom stereocenters. The molecule has 4 rings (SSSR count). The minimum absolute atomic E-state index is 0.876. The summed E-state index contributed by atoms with van der Waals surface area (Å²) >= 11 is 1.79. The summed E-state index contributed by atoms with van der Waals surface area (Å²) in [5.41, 5.74) is 4.53. The standard InChI is InChI=1S/C22H24N4S/c1-4-26(15-17-6-5-13-25(3)14-17)16(2)20-7-8-21(27-20)18-9-11-23-22-19(18)10-12-24-22/h5-12,14H,2,4,13,15H2,1,3H3,(H,23,24). The van der Waals surface area contributed by atoms with Crippen molar-refractivity contribution in [2.24, 2.45) is 0 Å². The Kier molecular flexibility index (Phi) is 4.86. The summed E-state index contributed by atoms with van der Waals surface area (Å²) < 4.78 is 0. The molecule has 4 nitrogen and oxygen atoms in total. The Balaban J connectivity index is 1.57. The number of aromatic nitrogens is 2. The van der Waals surface area contributed by atoms with Crippen LogP contribution in [0.4, 0.5) is 0 Å². The van der Waals surface area contributed by atoms with Crippen LogP contribution in [-0.2, 0) is 0 Å². The minimum atomic E-state index is 0.876. The van der Waals surface area contributed by atoms with Gasteiger partial charge >= 0.3 is 0 Å². The van der Waals surface area contributed by atoms with Crippen molar-refractivity contribution >= 4 is 28.1 Å². The van der Waals surface area contributed by atoms with Gasteiger partial charge in [0.2, 0.25) is 0 Å². The van der Waals surface area contributed by atoms with Crippen LogP contribution >= 0.6 is 11.3 Å². The summed E-state index contributed by atoms with van der Waals surface area (Å²) in [4.78, 5) is 14.6. The van der Waals surface area contributed by atoms with Crippen molar-refractivity contribution in [2.45, 2.75) is 6.92 Å². The van der Waals surface area contributed by atoms with Gasteiger partial charge in [0.05, 0.1) is 4.88 Å². The predicted octanol–water partition coefficient (Wildman–Crippen LogP) is 4.97. The number of H-pyrrole nitrogens is 1. The first-order valence-corrected chi connectivity index (χ1v) is 10.0. The van der Waals surface area contributed by atoms with Crippen LogP contribution in [0.2, 0.25) is 0 Å². The van der Waals surface area contributed by atoms with Crippen LogP contribution in [0.5, 0.6) is 0 Å². The van der Waals surface area contributed by atoms with Crippen molar-refractivity contribution in [3.05, 3.63) is 72.0 Å². The van der Waals surface area contributed by atoms with Crippen molar-refractivity contribution in [2.75, 3.05) is 26.7 Å². The molecule has 0 aromatic carbocycles. The minimum Gasteiger partial charge on any atom is -0.376 e. The number of hydrogen-bond donors (Lipinski definition) is 1. The quantitative estimate of drug-likeness (QED) is 0.660. The van der Waals surface area contributed by atoms with Gasteiger partial charge < -0.3 is 14.8 Å². The zero-order valence-electron chi connectivity index (χ0n) is 15.8. The van der Waals surface area contributed by atoms with E-state index in [1.165, 1.54) is 20.9 Å². The molecule has 1 aliphatic rings. The first-order chi connectivity index (χ1) is 13.2. The third-order valence-corrected chi connectivity index (χ3v) is 6.03. The normalized spacial score (nSPS) is 13.9. The maximum Gasteiger partial charge on any atom is 0.137 e. The fraction of sp³-hybridized carbons (Fsp3) is 0.227. The summed E-state index contributed by atoms with van der Waals surface area (Å²) in [5, 5.41) is 1.16. The number of rotatable bonds is 6. The van der Waals surface area contributed by atoms with Gasteiger partial charge in [-0.1, -0.05) is 18.7 Å². The zero-order valence-corrected chi connectivity index (χ0v) is 16.6. The summed E-state index contributed by atoms with van der Waals surface area (Å²) in [6.07, 6.45) is 10.4. The molecule has 0 amide bonds. The molecule has 5 heteroatoms. The van der Waals surface area contributed by atoms with Gasteiger partial charge in [-0.3, -0.25) is 0 Å². The van der Waals surface area contributed by atoms with Crippen LogP contribution in [0.25, 0.3) is 27.2 Å². The SMILES string of the molecule is C=C(c1ccc(-c2ccnc3[nH]ccc23)s1)N(CC)CC1=CN(C)CC=C1. The molecule has 0 bridgehead atoms. The van der Waals surface area contributed by atoms with Crippen LogP contribution in [0, 0.1) is 0 Å². The summed E-state index contributed by atoms with van der Waals surface area (Å²) in [6.45, 7) is 9.36. The van der Waals surface area contributed by atoms with Crippen molar-refractivity contribution in [1.82, 2.24) is 19.8 Å². The Bertz CT molecular complexity index is 1020. The molecule has 4 heterocycles. The van der Waals surface area contributed by atoms with Crippen molar-refractivity contribution in [3.8, 4) is 10.4 Å². The van der Waals surface area contributed by atoms with Gasteiger partial charge in [-0.2, -0.15) is 0 Å². The first kappa shape index (κ1) is 17.6. The molecule has 0 saturated carbocycles. The Hall–Kier alpha value is -2.79. The molecule has 1 N–H and O–H groups in total. The number of pyridine rings is 1. The maximum atomic E-state index is 4.39. The number of likely N-dealkylation sites (N-methyl/N-ethyl adjacent to an activating group) is 2. The maximum absolute atomic E-state index is 4.39. The molecule has 138 valence electrons. The van der Waals surface area contributed by atoms with E-state index in [1.54, 1.807) is 11.3 Å². The Morgan fingerprint density at radius 2 is 2.22 bits per heavy atom. The van der Waals surface area contributed by atoms with E-state index in [4.69, 9.17) is 0 Å². The number of aromatic amines is 1. The van der Waals surface area contributed by atoms with Gasteiger partial charge in [-0.15, -0.1) is 11.3 Å². The smallest absolute Gasteiger partial charge is 0.137 e. The largest absolute Gasteiger partial charge is 0.376 e. The third kappa shape index (κ3) is 3.55. The van der Waals surface area contributed by atoms with Gasteiger partial charge in [0, 0.05) is 66.8 Å².